The molecule has 1 atom stereocenters. The van der Waals surface area contributed by atoms with Gasteiger partial charge in [0.1, 0.15) is 0 Å². The number of hydrogen-bond acceptors (Lipinski definition) is 8. The van der Waals surface area contributed by atoms with Crippen molar-refractivity contribution < 1.29 is 18.8 Å². The van der Waals surface area contributed by atoms with E-state index in [-0.39, 0.29) is 24.7 Å². The summed E-state index contributed by atoms with van der Waals surface area (Å²) in [5.41, 5.74) is 1.12. The zero-order valence-electron chi connectivity index (χ0n) is 16.1. The average molecular weight is 396 g/mol. The van der Waals surface area contributed by atoms with Gasteiger partial charge >= 0.3 is 0 Å². The Kier molecular flexibility index (Phi) is 4.18. The van der Waals surface area contributed by atoms with Gasteiger partial charge in [-0.1, -0.05) is 24.2 Å². The number of nitrogens with zero attached hydrogens (tertiary/aromatic N) is 6. The molecule has 29 heavy (non-hydrogen) atoms. The van der Waals surface area contributed by atoms with Crippen LogP contribution in [0.3, 0.4) is 0 Å². The number of carbonyl (C=O) groups excluding carboxylic acids is 1. The van der Waals surface area contributed by atoms with Crippen molar-refractivity contribution in [3.05, 3.63) is 35.8 Å². The first-order valence-electron chi connectivity index (χ1n) is 9.53. The SMILES string of the molecule is CC(C)c1noc(-c2cn([C@@H]3CCN(C(=O)c4ccc5c(c4)OCO5)C3)nn2)n1. The van der Waals surface area contributed by atoms with Crippen LogP contribution in [0.4, 0.5) is 0 Å². The topological polar surface area (TPSA) is 108 Å². The van der Waals surface area contributed by atoms with E-state index in [2.05, 4.69) is 20.5 Å². The zero-order chi connectivity index (χ0) is 20.0. The van der Waals surface area contributed by atoms with Gasteiger partial charge in [-0.3, -0.25) is 4.79 Å². The number of fused-ring (bicyclic) bond motifs is 1. The van der Waals surface area contributed by atoms with Crippen LogP contribution >= 0.6 is 0 Å². The Labute approximate surface area is 166 Å². The first kappa shape index (κ1) is 17.7. The molecule has 0 unspecified atom stereocenters. The molecule has 0 bridgehead atoms. The van der Waals surface area contributed by atoms with Crippen LogP contribution in [-0.4, -0.2) is 55.8 Å². The summed E-state index contributed by atoms with van der Waals surface area (Å²) in [7, 11) is 0. The summed E-state index contributed by atoms with van der Waals surface area (Å²) in [4.78, 5) is 19.0. The van der Waals surface area contributed by atoms with E-state index in [4.69, 9.17) is 14.0 Å². The van der Waals surface area contributed by atoms with Crippen LogP contribution in [0.1, 0.15) is 48.4 Å². The van der Waals surface area contributed by atoms with Gasteiger partial charge in [0.15, 0.2) is 23.0 Å². The molecule has 1 fully saturated rings. The normalized spacial score (nSPS) is 18.0. The Morgan fingerprint density at radius 2 is 2.10 bits per heavy atom. The summed E-state index contributed by atoms with van der Waals surface area (Å²) >= 11 is 0. The van der Waals surface area contributed by atoms with E-state index in [1.165, 1.54) is 0 Å². The van der Waals surface area contributed by atoms with Gasteiger partial charge in [0.2, 0.25) is 6.79 Å². The third-order valence-electron chi connectivity index (χ3n) is 5.13. The minimum Gasteiger partial charge on any atom is -0.454 e. The number of amides is 1. The smallest absolute Gasteiger partial charge is 0.280 e. The zero-order valence-corrected chi connectivity index (χ0v) is 16.1. The van der Waals surface area contributed by atoms with Crippen LogP contribution in [0.15, 0.2) is 28.9 Å². The fourth-order valence-electron chi connectivity index (χ4n) is 3.48. The minimum atomic E-state index is -0.0374. The van der Waals surface area contributed by atoms with Crippen molar-refractivity contribution in [2.45, 2.75) is 32.2 Å². The first-order valence-corrected chi connectivity index (χ1v) is 9.53. The van der Waals surface area contributed by atoms with Gasteiger partial charge in [0, 0.05) is 24.6 Å². The monoisotopic (exact) mass is 396 g/mol. The molecule has 2 aliphatic rings. The quantitative estimate of drug-likeness (QED) is 0.661. The predicted molar refractivity (Wildman–Crippen MR) is 99.5 cm³/mol. The van der Waals surface area contributed by atoms with Crippen molar-refractivity contribution in [3.8, 4) is 23.1 Å². The van der Waals surface area contributed by atoms with Crippen molar-refractivity contribution in [2.24, 2.45) is 0 Å². The van der Waals surface area contributed by atoms with Crippen molar-refractivity contribution in [3.63, 3.8) is 0 Å². The molecule has 3 aromatic rings. The molecule has 10 nitrogen and oxygen atoms in total. The fourth-order valence-corrected chi connectivity index (χ4v) is 3.48. The summed E-state index contributed by atoms with van der Waals surface area (Å²) in [6.45, 7) is 5.37. The van der Waals surface area contributed by atoms with Crippen LogP contribution in [0.25, 0.3) is 11.6 Å². The lowest BCUT2D eigenvalue weighted by Gasteiger charge is -2.16. The summed E-state index contributed by atoms with van der Waals surface area (Å²) in [5.74, 6) is 2.39. The highest BCUT2D eigenvalue weighted by atomic mass is 16.7. The number of hydrogen-bond donors (Lipinski definition) is 0. The molecule has 2 aromatic heterocycles. The van der Waals surface area contributed by atoms with Gasteiger partial charge in [-0.25, -0.2) is 4.68 Å². The minimum absolute atomic E-state index is 0.0374. The van der Waals surface area contributed by atoms with Crippen LogP contribution in [0.5, 0.6) is 11.5 Å². The molecular formula is C19H20N6O4. The highest BCUT2D eigenvalue weighted by Gasteiger charge is 2.30. The predicted octanol–water partition coefficient (Wildman–Crippen LogP) is 2.27. The lowest BCUT2D eigenvalue weighted by atomic mass is 10.2. The molecule has 10 heteroatoms. The van der Waals surface area contributed by atoms with E-state index >= 15 is 0 Å². The molecule has 4 heterocycles. The van der Waals surface area contributed by atoms with E-state index in [1.54, 1.807) is 29.1 Å². The second kappa shape index (κ2) is 6.87. The maximum atomic E-state index is 12.9. The van der Waals surface area contributed by atoms with Crippen LogP contribution < -0.4 is 9.47 Å². The Bertz CT molecular complexity index is 1060. The molecule has 5 rings (SSSR count). The van der Waals surface area contributed by atoms with Crippen molar-refractivity contribution in [1.29, 1.82) is 0 Å². The maximum Gasteiger partial charge on any atom is 0.280 e. The Balaban J connectivity index is 1.28. The van der Waals surface area contributed by atoms with Crippen LogP contribution in [0.2, 0.25) is 0 Å². The average Bonchev–Trinajstić information content (AvgIpc) is 3.52. The van der Waals surface area contributed by atoms with Gasteiger partial charge in [-0.15, -0.1) is 5.10 Å². The molecule has 1 amide bonds. The number of carbonyl (C=O) groups is 1. The largest absolute Gasteiger partial charge is 0.454 e. The molecule has 0 aliphatic carbocycles. The van der Waals surface area contributed by atoms with Crippen LogP contribution in [0, 0.1) is 0 Å². The number of ether oxygens (including phenoxy) is 2. The third kappa shape index (κ3) is 3.20. The van der Waals surface area contributed by atoms with Gasteiger partial charge in [0.05, 0.1) is 12.2 Å². The summed E-state index contributed by atoms with van der Waals surface area (Å²) in [6.07, 6.45) is 2.58. The number of benzene rings is 1. The standard InChI is InChI=1S/C19H20N6O4/c1-11(2)17-20-18(29-22-17)14-9-25(23-21-14)13-5-6-24(8-13)19(26)12-3-4-15-16(7-12)28-10-27-15/h3-4,7,9,11,13H,5-6,8,10H2,1-2H3/t13-/m1/s1. The Hall–Kier alpha value is -3.43. The summed E-state index contributed by atoms with van der Waals surface area (Å²) < 4.78 is 17.7. The van der Waals surface area contributed by atoms with Gasteiger partial charge in [-0.2, -0.15) is 4.98 Å². The lowest BCUT2D eigenvalue weighted by Crippen LogP contribution is -2.29. The molecule has 0 saturated carbocycles. The second-order valence-electron chi connectivity index (χ2n) is 7.46. The number of likely N-dealkylation sites (tertiary alicyclic amines) is 1. The van der Waals surface area contributed by atoms with Gasteiger partial charge in [0.25, 0.3) is 11.8 Å². The van der Waals surface area contributed by atoms with Crippen molar-refractivity contribution in [1.82, 2.24) is 30.0 Å². The highest BCUT2D eigenvalue weighted by molar-refractivity contribution is 5.95. The molecule has 150 valence electrons. The number of aromatic nitrogens is 5. The van der Waals surface area contributed by atoms with Gasteiger partial charge < -0.3 is 18.9 Å². The highest BCUT2D eigenvalue weighted by Crippen LogP contribution is 2.33. The summed E-state index contributed by atoms with van der Waals surface area (Å²) in [5, 5.41) is 12.3. The molecule has 1 aromatic carbocycles. The number of rotatable bonds is 4. The molecule has 0 N–H and O–H groups in total. The van der Waals surface area contributed by atoms with Crippen molar-refractivity contribution in [2.75, 3.05) is 19.9 Å². The van der Waals surface area contributed by atoms with Crippen molar-refractivity contribution >= 4 is 5.91 Å². The van der Waals surface area contributed by atoms with E-state index in [1.807, 2.05) is 18.7 Å². The molecule has 1 saturated heterocycles. The second-order valence-corrected chi connectivity index (χ2v) is 7.46. The Morgan fingerprint density at radius 3 is 2.93 bits per heavy atom. The van der Waals surface area contributed by atoms with E-state index < -0.39 is 0 Å². The van der Waals surface area contributed by atoms with Crippen LogP contribution in [-0.2, 0) is 0 Å². The molecule has 0 radical (unpaired) electrons. The summed E-state index contributed by atoms with van der Waals surface area (Å²) in [6, 6.07) is 5.30. The maximum absolute atomic E-state index is 12.9. The van der Waals surface area contributed by atoms with Gasteiger partial charge in [-0.05, 0) is 24.6 Å². The van der Waals surface area contributed by atoms with E-state index in [9.17, 15) is 4.79 Å². The fraction of sp³-hybridized carbons (Fsp3) is 0.421. The molecule has 0 spiro atoms. The first-order chi connectivity index (χ1) is 14.1. The molecule has 2 aliphatic heterocycles. The third-order valence-corrected chi connectivity index (χ3v) is 5.13. The Morgan fingerprint density at radius 1 is 1.24 bits per heavy atom. The lowest BCUT2D eigenvalue weighted by molar-refractivity contribution is 0.0786. The van der Waals surface area contributed by atoms with E-state index in [0.29, 0.717) is 47.6 Å². The van der Waals surface area contributed by atoms with E-state index in [0.717, 1.165) is 6.42 Å². The molecular weight excluding hydrogens is 376 g/mol.